The number of nitrogens with zero attached hydrogens (tertiary/aromatic N) is 4. The minimum atomic E-state index is -0.831. The molecule has 0 aliphatic carbocycles. The molecule has 1 aliphatic heterocycles. The fraction of sp³-hybridized carbons (Fsp3) is 0.278. The highest BCUT2D eigenvalue weighted by molar-refractivity contribution is 5.94. The van der Waals surface area contributed by atoms with E-state index < -0.39 is 17.5 Å². The molecule has 0 radical (unpaired) electrons. The van der Waals surface area contributed by atoms with Gasteiger partial charge in [0.2, 0.25) is 0 Å². The van der Waals surface area contributed by atoms with Crippen molar-refractivity contribution in [3.63, 3.8) is 0 Å². The lowest BCUT2D eigenvalue weighted by atomic mass is 10.1. The Hall–Kier alpha value is -2.83. The molecular formula is C18H16F2N4O. The van der Waals surface area contributed by atoms with Crippen LogP contribution in [0.5, 0.6) is 0 Å². The van der Waals surface area contributed by atoms with Gasteiger partial charge in [-0.2, -0.15) is 0 Å². The number of carbonyl (C=O) groups excluding carboxylic acids is 1. The molecular weight excluding hydrogens is 326 g/mol. The van der Waals surface area contributed by atoms with Crippen LogP contribution in [0.25, 0.3) is 11.0 Å². The zero-order valence-corrected chi connectivity index (χ0v) is 13.6. The van der Waals surface area contributed by atoms with E-state index in [9.17, 15) is 13.6 Å². The number of hydrogen-bond donors (Lipinski definition) is 0. The summed E-state index contributed by atoms with van der Waals surface area (Å²) in [6.45, 7) is 0.974. The lowest BCUT2D eigenvalue weighted by Crippen LogP contribution is -2.29. The zero-order chi connectivity index (χ0) is 17.6. The van der Waals surface area contributed by atoms with Crippen molar-refractivity contribution in [2.75, 3.05) is 13.1 Å². The van der Waals surface area contributed by atoms with E-state index in [2.05, 4.69) is 9.97 Å². The Morgan fingerprint density at radius 3 is 2.88 bits per heavy atom. The standard InChI is InChI=1S/C18H16F2N4O/c1-23-16-9-21-6-4-15(16)22-17(23)11-5-7-24(10-11)18(25)13-3-2-12(19)8-14(13)20/h2-4,6,8-9,11H,5,7,10H2,1H3. The van der Waals surface area contributed by atoms with Crippen LogP contribution in [-0.2, 0) is 7.05 Å². The second-order valence-corrected chi connectivity index (χ2v) is 6.25. The van der Waals surface area contributed by atoms with Gasteiger partial charge in [0, 0.05) is 38.3 Å². The largest absolute Gasteiger partial charge is 0.338 e. The van der Waals surface area contributed by atoms with Gasteiger partial charge in [-0.25, -0.2) is 13.8 Å². The number of rotatable bonds is 2. The lowest BCUT2D eigenvalue weighted by molar-refractivity contribution is 0.0785. The number of carbonyl (C=O) groups is 1. The Balaban J connectivity index is 1.58. The molecule has 0 bridgehead atoms. The number of fused-ring (bicyclic) bond motifs is 1. The molecule has 3 heterocycles. The molecule has 5 nitrogen and oxygen atoms in total. The third-order valence-corrected chi connectivity index (χ3v) is 4.72. The molecule has 1 aliphatic rings. The van der Waals surface area contributed by atoms with E-state index in [0.29, 0.717) is 13.1 Å². The first-order chi connectivity index (χ1) is 12.0. The molecule has 1 atom stereocenters. The number of halogens is 2. The van der Waals surface area contributed by atoms with Crippen LogP contribution in [-0.4, -0.2) is 38.4 Å². The first kappa shape index (κ1) is 15.7. The Morgan fingerprint density at radius 1 is 1.28 bits per heavy atom. The van der Waals surface area contributed by atoms with Crippen molar-refractivity contribution in [3.05, 3.63) is 59.7 Å². The van der Waals surface area contributed by atoms with E-state index in [1.807, 2.05) is 17.7 Å². The number of benzene rings is 1. The monoisotopic (exact) mass is 342 g/mol. The third-order valence-electron chi connectivity index (χ3n) is 4.72. The highest BCUT2D eigenvalue weighted by Gasteiger charge is 2.31. The van der Waals surface area contributed by atoms with Crippen LogP contribution >= 0.6 is 0 Å². The number of likely N-dealkylation sites (tertiary alicyclic amines) is 1. The summed E-state index contributed by atoms with van der Waals surface area (Å²) in [5.41, 5.74) is 1.70. The zero-order valence-electron chi connectivity index (χ0n) is 13.6. The van der Waals surface area contributed by atoms with E-state index in [4.69, 9.17) is 0 Å². The molecule has 128 valence electrons. The molecule has 1 fully saturated rings. The van der Waals surface area contributed by atoms with Gasteiger partial charge < -0.3 is 9.47 Å². The summed E-state index contributed by atoms with van der Waals surface area (Å²) in [6, 6.07) is 4.88. The Kier molecular flexibility index (Phi) is 3.71. The van der Waals surface area contributed by atoms with Gasteiger partial charge in [0.25, 0.3) is 5.91 Å². The van der Waals surface area contributed by atoms with E-state index in [1.54, 1.807) is 17.3 Å². The molecule has 3 aromatic rings. The molecule has 1 unspecified atom stereocenters. The number of hydrogen-bond acceptors (Lipinski definition) is 3. The third kappa shape index (κ3) is 2.65. The topological polar surface area (TPSA) is 51.0 Å². The van der Waals surface area contributed by atoms with Crippen LogP contribution in [0.3, 0.4) is 0 Å². The number of amides is 1. The second kappa shape index (κ2) is 5.91. The molecule has 1 aromatic carbocycles. The Labute approximate surface area is 142 Å². The van der Waals surface area contributed by atoms with Crippen molar-refractivity contribution >= 4 is 16.9 Å². The van der Waals surface area contributed by atoms with Crippen LogP contribution in [0.2, 0.25) is 0 Å². The molecule has 0 saturated carbocycles. The summed E-state index contributed by atoms with van der Waals surface area (Å²) in [4.78, 5) is 22.9. The van der Waals surface area contributed by atoms with Crippen molar-refractivity contribution in [1.29, 1.82) is 0 Å². The van der Waals surface area contributed by atoms with Crippen molar-refractivity contribution in [1.82, 2.24) is 19.4 Å². The fourth-order valence-corrected chi connectivity index (χ4v) is 3.41. The summed E-state index contributed by atoms with van der Waals surface area (Å²) in [6.07, 6.45) is 4.21. The van der Waals surface area contributed by atoms with Crippen LogP contribution < -0.4 is 0 Å². The Bertz CT molecular complexity index is 969. The SMILES string of the molecule is Cn1c(C2CCN(C(=O)c3ccc(F)cc3F)C2)nc2ccncc21. The van der Waals surface area contributed by atoms with E-state index in [-0.39, 0.29) is 11.5 Å². The molecule has 25 heavy (non-hydrogen) atoms. The molecule has 1 amide bonds. The number of aryl methyl sites for hydroxylation is 1. The quantitative estimate of drug-likeness (QED) is 0.720. The van der Waals surface area contributed by atoms with Crippen LogP contribution in [0, 0.1) is 11.6 Å². The number of imidazole rings is 1. The first-order valence-electron chi connectivity index (χ1n) is 8.05. The van der Waals surface area contributed by atoms with Crippen molar-refractivity contribution < 1.29 is 13.6 Å². The molecule has 4 rings (SSSR count). The average Bonchev–Trinajstić information content (AvgIpc) is 3.20. The van der Waals surface area contributed by atoms with Gasteiger partial charge in [0.1, 0.15) is 17.5 Å². The summed E-state index contributed by atoms with van der Waals surface area (Å²) in [5, 5.41) is 0. The van der Waals surface area contributed by atoms with Gasteiger partial charge in [0.05, 0.1) is 22.8 Å². The molecule has 0 spiro atoms. The highest BCUT2D eigenvalue weighted by Crippen LogP contribution is 2.29. The average molecular weight is 342 g/mol. The predicted molar refractivity (Wildman–Crippen MR) is 88.1 cm³/mol. The molecule has 0 N–H and O–H groups in total. The highest BCUT2D eigenvalue weighted by atomic mass is 19.1. The summed E-state index contributed by atoms with van der Waals surface area (Å²) in [5.74, 6) is -0.980. The maximum absolute atomic E-state index is 13.9. The predicted octanol–water partition coefficient (Wildman–Crippen LogP) is 2.88. The van der Waals surface area contributed by atoms with Crippen molar-refractivity contribution in [3.8, 4) is 0 Å². The van der Waals surface area contributed by atoms with E-state index in [1.165, 1.54) is 6.07 Å². The maximum atomic E-state index is 13.9. The van der Waals surface area contributed by atoms with Crippen molar-refractivity contribution in [2.45, 2.75) is 12.3 Å². The summed E-state index contributed by atoms with van der Waals surface area (Å²) >= 11 is 0. The number of aromatic nitrogens is 3. The fourth-order valence-electron chi connectivity index (χ4n) is 3.41. The van der Waals surface area contributed by atoms with Gasteiger partial charge >= 0.3 is 0 Å². The minimum Gasteiger partial charge on any atom is -0.338 e. The Morgan fingerprint density at radius 2 is 2.12 bits per heavy atom. The maximum Gasteiger partial charge on any atom is 0.256 e. The van der Waals surface area contributed by atoms with Crippen LogP contribution in [0.4, 0.5) is 8.78 Å². The van der Waals surface area contributed by atoms with Crippen LogP contribution in [0.15, 0.2) is 36.7 Å². The lowest BCUT2D eigenvalue weighted by Gasteiger charge is -2.17. The molecule has 1 saturated heterocycles. The molecule has 7 heteroatoms. The van der Waals surface area contributed by atoms with Gasteiger partial charge in [-0.1, -0.05) is 0 Å². The summed E-state index contributed by atoms with van der Waals surface area (Å²) in [7, 11) is 1.93. The normalized spacial score (nSPS) is 17.4. The van der Waals surface area contributed by atoms with Crippen LogP contribution in [0.1, 0.15) is 28.5 Å². The number of pyridine rings is 1. The second-order valence-electron chi connectivity index (χ2n) is 6.25. The smallest absolute Gasteiger partial charge is 0.256 e. The first-order valence-corrected chi connectivity index (χ1v) is 8.05. The van der Waals surface area contributed by atoms with E-state index >= 15 is 0 Å². The van der Waals surface area contributed by atoms with Crippen molar-refractivity contribution in [2.24, 2.45) is 7.05 Å². The van der Waals surface area contributed by atoms with Gasteiger partial charge in [-0.15, -0.1) is 0 Å². The minimum absolute atomic E-state index is 0.0739. The van der Waals surface area contributed by atoms with Gasteiger partial charge in [-0.3, -0.25) is 9.78 Å². The van der Waals surface area contributed by atoms with Gasteiger partial charge in [0.15, 0.2) is 0 Å². The summed E-state index contributed by atoms with van der Waals surface area (Å²) < 4.78 is 28.9. The van der Waals surface area contributed by atoms with E-state index in [0.717, 1.165) is 35.4 Å². The molecule has 2 aromatic heterocycles. The van der Waals surface area contributed by atoms with Gasteiger partial charge in [-0.05, 0) is 24.6 Å².